The van der Waals surface area contributed by atoms with Gasteiger partial charge in [-0.3, -0.25) is 4.79 Å². The number of amides is 1. The number of rotatable bonds is 9. The zero-order valence-corrected chi connectivity index (χ0v) is 16.6. The number of hydrogen-bond acceptors (Lipinski definition) is 6. The molecule has 1 N–H and O–H groups in total. The molecule has 1 amide bonds. The molecule has 0 aliphatic carbocycles. The largest absolute Gasteiger partial charge is 0.497 e. The lowest BCUT2D eigenvalue weighted by Gasteiger charge is -2.07. The normalized spacial score (nSPS) is 10.5. The zero-order chi connectivity index (χ0) is 19.8. The highest BCUT2D eigenvalue weighted by atomic mass is 32.2. The van der Waals surface area contributed by atoms with Gasteiger partial charge in [0, 0.05) is 13.6 Å². The van der Waals surface area contributed by atoms with Crippen LogP contribution in [0.25, 0.3) is 0 Å². The maximum Gasteiger partial charge on any atom is 0.230 e. The van der Waals surface area contributed by atoms with Crippen LogP contribution in [0.1, 0.15) is 11.4 Å². The summed E-state index contributed by atoms with van der Waals surface area (Å²) in [5.41, 5.74) is 1.07. The highest BCUT2D eigenvalue weighted by molar-refractivity contribution is 7.99. The Labute approximate surface area is 168 Å². The van der Waals surface area contributed by atoms with Crippen molar-refractivity contribution in [2.45, 2.75) is 18.3 Å². The Kier molecular flexibility index (Phi) is 6.91. The van der Waals surface area contributed by atoms with Crippen LogP contribution in [-0.2, 0) is 25.0 Å². The summed E-state index contributed by atoms with van der Waals surface area (Å²) in [4.78, 5) is 12.0. The van der Waals surface area contributed by atoms with Crippen LogP contribution < -0.4 is 14.8 Å². The molecular formula is C20H22N4O3S. The Morgan fingerprint density at radius 2 is 1.79 bits per heavy atom. The number of benzene rings is 2. The number of thioether (sulfide) groups is 1. The first-order chi connectivity index (χ1) is 13.7. The van der Waals surface area contributed by atoms with E-state index in [-0.39, 0.29) is 18.3 Å². The van der Waals surface area contributed by atoms with E-state index in [1.54, 1.807) is 7.11 Å². The molecule has 146 valence electrons. The van der Waals surface area contributed by atoms with Gasteiger partial charge in [0.15, 0.2) is 11.0 Å². The van der Waals surface area contributed by atoms with E-state index in [1.165, 1.54) is 11.8 Å². The maximum atomic E-state index is 12.0. The SMILES string of the molecule is COc1ccc(OCc2nnc(SCC(=O)NCc3ccccc3)n2C)cc1. The Morgan fingerprint density at radius 3 is 2.50 bits per heavy atom. The highest BCUT2D eigenvalue weighted by Gasteiger charge is 2.12. The van der Waals surface area contributed by atoms with Crippen molar-refractivity contribution in [3.8, 4) is 11.5 Å². The molecule has 0 saturated carbocycles. The zero-order valence-electron chi connectivity index (χ0n) is 15.8. The second-order valence-electron chi connectivity index (χ2n) is 5.97. The van der Waals surface area contributed by atoms with E-state index in [9.17, 15) is 4.79 Å². The van der Waals surface area contributed by atoms with Gasteiger partial charge >= 0.3 is 0 Å². The quantitative estimate of drug-likeness (QED) is 0.559. The van der Waals surface area contributed by atoms with Gasteiger partial charge in [0.1, 0.15) is 18.1 Å². The summed E-state index contributed by atoms with van der Waals surface area (Å²) in [6.45, 7) is 0.802. The summed E-state index contributed by atoms with van der Waals surface area (Å²) < 4.78 is 12.7. The molecule has 1 aromatic heterocycles. The third-order valence-corrected chi connectivity index (χ3v) is 5.04. The third-order valence-electron chi connectivity index (χ3n) is 4.02. The van der Waals surface area contributed by atoms with Crippen LogP contribution in [0.2, 0.25) is 0 Å². The molecule has 0 aliphatic heterocycles. The Balaban J connectivity index is 1.46. The fourth-order valence-electron chi connectivity index (χ4n) is 2.39. The summed E-state index contributed by atoms with van der Waals surface area (Å²) in [6, 6.07) is 17.1. The molecular weight excluding hydrogens is 376 g/mol. The monoisotopic (exact) mass is 398 g/mol. The molecule has 0 radical (unpaired) electrons. The molecule has 0 atom stereocenters. The van der Waals surface area contributed by atoms with Crippen molar-refractivity contribution >= 4 is 17.7 Å². The highest BCUT2D eigenvalue weighted by Crippen LogP contribution is 2.19. The van der Waals surface area contributed by atoms with Crippen LogP contribution in [0.4, 0.5) is 0 Å². The summed E-state index contributed by atoms with van der Waals surface area (Å²) in [7, 11) is 3.48. The fourth-order valence-corrected chi connectivity index (χ4v) is 3.15. The predicted octanol–water partition coefficient (Wildman–Crippen LogP) is 2.81. The van der Waals surface area contributed by atoms with Gasteiger partial charge in [-0.2, -0.15) is 0 Å². The molecule has 1 heterocycles. The van der Waals surface area contributed by atoms with Crippen molar-refractivity contribution in [1.29, 1.82) is 0 Å². The van der Waals surface area contributed by atoms with Crippen molar-refractivity contribution in [3.63, 3.8) is 0 Å². The lowest BCUT2D eigenvalue weighted by Crippen LogP contribution is -2.24. The second-order valence-corrected chi connectivity index (χ2v) is 6.92. The molecule has 0 unspecified atom stereocenters. The number of hydrogen-bond donors (Lipinski definition) is 1. The van der Waals surface area contributed by atoms with Gasteiger partial charge in [-0.05, 0) is 29.8 Å². The Morgan fingerprint density at radius 1 is 1.07 bits per heavy atom. The van der Waals surface area contributed by atoms with E-state index < -0.39 is 0 Å². The molecule has 8 heteroatoms. The molecule has 2 aromatic carbocycles. The third kappa shape index (κ3) is 5.50. The summed E-state index contributed by atoms with van der Waals surface area (Å²) in [5.74, 6) is 2.41. The van der Waals surface area contributed by atoms with Crippen LogP contribution in [0.15, 0.2) is 59.8 Å². The second kappa shape index (κ2) is 9.80. The summed E-state index contributed by atoms with van der Waals surface area (Å²) in [5, 5.41) is 11.9. The fraction of sp³-hybridized carbons (Fsp3) is 0.250. The molecule has 0 bridgehead atoms. The standard InChI is InChI=1S/C20H22N4O3S/c1-24-18(13-27-17-10-8-16(26-2)9-11-17)22-23-20(24)28-14-19(25)21-12-15-6-4-3-5-7-15/h3-11H,12-14H2,1-2H3,(H,21,25). The Bertz CT molecular complexity index is 898. The van der Waals surface area contributed by atoms with Crippen LogP contribution in [0, 0.1) is 0 Å². The first kappa shape index (κ1) is 19.8. The number of nitrogens with zero attached hydrogens (tertiary/aromatic N) is 3. The molecule has 3 rings (SSSR count). The molecule has 0 aliphatic rings. The van der Waals surface area contributed by atoms with E-state index >= 15 is 0 Å². The molecule has 7 nitrogen and oxygen atoms in total. The first-order valence-corrected chi connectivity index (χ1v) is 9.73. The number of ether oxygens (including phenoxy) is 2. The summed E-state index contributed by atoms with van der Waals surface area (Å²) >= 11 is 1.34. The minimum Gasteiger partial charge on any atom is -0.497 e. The van der Waals surface area contributed by atoms with Gasteiger partial charge in [-0.15, -0.1) is 10.2 Å². The van der Waals surface area contributed by atoms with Crippen molar-refractivity contribution in [3.05, 3.63) is 66.0 Å². The average molecular weight is 398 g/mol. The smallest absolute Gasteiger partial charge is 0.230 e. The van der Waals surface area contributed by atoms with Gasteiger partial charge in [0.05, 0.1) is 12.9 Å². The maximum absolute atomic E-state index is 12.0. The minimum absolute atomic E-state index is 0.0483. The number of carbonyl (C=O) groups is 1. The average Bonchev–Trinajstić information content (AvgIpc) is 3.09. The van der Waals surface area contributed by atoms with Crippen molar-refractivity contribution in [2.24, 2.45) is 7.05 Å². The summed E-state index contributed by atoms with van der Waals surface area (Å²) in [6.07, 6.45) is 0. The van der Waals surface area contributed by atoms with E-state index in [2.05, 4.69) is 15.5 Å². The van der Waals surface area contributed by atoms with E-state index in [1.807, 2.05) is 66.2 Å². The van der Waals surface area contributed by atoms with E-state index in [0.29, 0.717) is 17.5 Å². The van der Waals surface area contributed by atoms with Gasteiger partial charge in [-0.1, -0.05) is 42.1 Å². The predicted molar refractivity (Wildman–Crippen MR) is 107 cm³/mol. The van der Waals surface area contributed by atoms with Gasteiger partial charge in [0.2, 0.25) is 5.91 Å². The number of aromatic nitrogens is 3. The van der Waals surface area contributed by atoms with Gasteiger partial charge in [-0.25, -0.2) is 0 Å². The lowest BCUT2D eigenvalue weighted by atomic mass is 10.2. The van der Waals surface area contributed by atoms with E-state index in [4.69, 9.17) is 9.47 Å². The molecule has 0 spiro atoms. The number of nitrogens with one attached hydrogen (secondary N) is 1. The number of methoxy groups -OCH3 is 1. The van der Waals surface area contributed by atoms with Crippen LogP contribution in [0.3, 0.4) is 0 Å². The molecule has 3 aromatic rings. The van der Waals surface area contributed by atoms with Gasteiger partial charge < -0.3 is 19.4 Å². The van der Waals surface area contributed by atoms with Gasteiger partial charge in [0.25, 0.3) is 0 Å². The lowest BCUT2D eigenvalue weighted by molar-refractivity contribution is -0.118. The van der Waals surface area contributed by atoms with Crippen LogP contribution >= 0.6 is 11.8 Å². The van der Waals surface area contributed by atoms with Crippen LogP contribution in [-0.4, -0.2) is 33.5 Å². The topological polar surface area (TPSA) is 78.3 Å². The van der Waals surface area contributed by atoms with Crippen LogP contribution in [0.5, 0.6) is 11.5 Å². The first-order valence-electron chi connectivity index (χ1n) is 8.74. The molecule has 0 saturated heterocycles. The number of carbonyl (C=O) groups excluding carboxylic acids is 1. The van der Waals surface area contributed by atoms with Crippen molar-refractivity contribution < 1.29 is 14.3 Å². The van der Waals surface area contributed by atoms with E-state index in [0.717, 1.165) is 17.1 Å². The Hall–Kier alpha value is -3.00. The van der Waals surface area contributed by atoms with Crippen molar-refractivity contribution in [2.75, 3.05) is 12.9 Å². The minimum atomic E-state index is -0.0483. The molecule has 28 heavy (non-hydrogen) atoms. The molecule has 0 fully saturated rings. The van der Waals surface area contributed by atoms with Crippen molar-refractivity contribution in [1.82, 2.24) is 20.1 Å².